The Kier molecular flexibility index (Phi) is 3.30. The van der Waals surface area contributed by atoms with Crippen molar-refractivity contribution >= 4 is 17.0 Å². The van der Waals surface area contributed by atoms with E-state index in [-0.39, 0.29) is 6.04 Å². The average Bonchev–Trinajstić information content (AvgIpc) is 2.97. The van der Waals surface area contributed by atoms with Crippen LogP contribution in [0.25, 0.3) is 16.8 Å². The van der Waals surface area contributed by atoms with Gasteiger partial charge in [0.1, 0.15) is 18.2 Å². The van der Waals surface area contributed by atoms with Crippen molar-refractivity contribution in [3.05, 3.63) is 31.1 Å². The number of hydrogen-bond acceptors (Lipinski definition) is 7. The van der Waals surface area contributed by atoms with E-state index in [1.165, 1.54) is 12.7 Å². The Morgan fingerprint density at radius 2 is 2.00 bits per heavy atom. The minimum atomic E-state index is 0.174. The Balaban J connectivity index is 1.91. The van der Waals surface area contributed by atoms with Crippen LogP contribution >= 0.6 is 0 Å². The molecule has 0 aliphatic carbocycles. The molecule has 1 atom stereocenters. The number of aromatic nitrogens is 5. The Morgan fingerprint density at radius 3 is 2.78 bits per heavy atom. The first-order valence-corrected chi connectivity index (χ1v) is 7.62. The number of nitrogens with zero attached hydrogens (tertiary/aromatic N) is 6. The summed E-state index contributed by atoms with van der Waals surface area (Å²) in [5.74, 6) is 0.456. The van der Waals surface area contributed by atoms with Crippen LogP contribution in [0.1, 0.15) is 12.8 Å². The summed E-state index contributed by atoms with van der Waals surface area (Å²) in [7, 11) is 0. The second kappa shape index (κ2) is 5.47. The van der Waals surface area contributed by atoms with E-state index in [2.05, 4.69) is 31.0 Å². The van der Waals surface area contributed by atoms with Crippen LogP contribution in [-0.2, 0) is 0 Å². The van der Waals surface area contributed by atoms with Gasteiger partial charge in [0.05, 0.1) is 11.4 Å². The normalized spacial score (nSPS) is 18.5. The van der Waals surface area contributed by atoms with Crippen molar-refractivity contribution < 1.29 is 0 Å². The van der Waals surface area contributed by atoms with Crippen LogP contribution in [0.2, 0.25) is 0 Å². The van der Waals surface area contributed by atoms with Gasteiger partial charge in [0.15, 0.2) is 5.82 Å². The Hall–Kier alpha value is -2.74. The van der Waals surface area contributed by atoms with Crippen LogP contribution in [0.5, 0.6) is 0 Å². The topological polar surface area (TPSA) is 111 Å². The monoisotopic (exact) mass is 310 g/mol. The third-order valence-corrected chi connectivity index (χ3v) is 4.22. The number of nitrogens with two attached hydrogens (primary N) is 2. The van der Waals surface area contributed by atoms with Gasteiger partial charge in [-0.25, -0.2) is 19.5 Å². The molecule has 0 bridgehead atoms. The molecule has 4 rings (SSSR count). The Labute approximate surface area is 133 Å². The Morgan fingerprint density at radius 1 is 1.17 bits per heavy atom. The molecule has 3 aromatic heterocycles. The number of piperidine rings is 1. The van der Waals surface area contributed by atoms with Crippen molar-refractivity contribution in [1.29, 1.82) is 0 Å². The Bertz CT molecular complexity index is 828. The zero-order valence-corrected chi connectivity index (χ0v) is 12.6. The van der Waals surface area contributed by atoms with E-state index < -0.39 is 0 Å². The predicted octanol–water partition coefficient (Wildman–Crippen LogP) is 0.696. The van der Waals surface area contributed by atoms with Crippen LogP contribution in [-0.4, -0.2) is 43.7 Å². The molecular weight excluding hydrogens is 292 g/mol. The molecule has 1 saturated heterocycles. The molecule has 1 aliphatic rings. The summed E-state index contributed by atoms with van der Waals surface area (Å²) < 4.78 is 1.80. The molecule has 1 aliphatic heterocycles. The molecule has 0 spiro atoms. The molecule has 0 aromatic carbocycles. The van der Waals surface area contributed by atoms with E-state index in [4.69, 9.17) is 11.5 Å². The summed E-state index contributed by atoms with van der Waals surface area (Å²) in [5.41, 5.74) is 15.9. The molecule has 8 nitrogen and oxygen atoms in total. The van der Waals surface area contributed by atoms with Crippen molar-refractivity contribution in [2.45, 2.75) is 18.9 Å². The van der Waals surface area contributed by atoms with Gasteiger partial charge in [-0.1, -0.05) is 0 Å². The number of anilines is 2. The molecule has 0 saturated carbocycles. The van der Waals surface area contributed by atoms with Crippen molar-refractivity contribution in [1.82, 2.24) is 24.6 Å². The van der Waals surface area contributed by atoms with Gasteiger partial charge in [0.25, 0.3) is 0 Å². The lowest BCUT2D eigenvalue weighted by Crippen LogP contribution is -2.42. The fourth-order valence-corrected chi connectivity index (χ4v) is 3.16. The maximum atomic E-state index is 6.13. The van der Waals surface area contributed by atoms with Gasteiger partial charge >= 0.3 is 0 Å². The maximum Gasteiger partial charge on any atom is 0.153 e. The smallest absolute Gasteiger partial charge is 0.153 e. The largest absolute Gasteiger partial charge is 0.382 e. The SMILES string of the molecule is Nc1ncnn2c(-c3cncnc3)cc(N3CCC[C@@H](N)C3)c12. The van der Waals surface area contributed by atoms with Crippen LogP contribution < -0.4 is 16.4 Å². The third kappa shape index (κ3) is 2.36. The standard InChI is InChI=1S/C15H18N8/c16-11-2-1-3-22(7-11)13-4-12(10-5-18-8-19-6-10)23-14(13)15(17)20-9-21-23/h4-6,8-9,11H,1-3,7,16H2,(H2,17,20,21)/t11-/m1/s1. The molecular formula is C15H18N8. The van der Waals surface area contributed by atoms with E-state index in [1.807, 2.05) is 0 Å². The highest BCUT2D eigenvalue weighted by Gasteiger charge is 2.23. The van der Waals surface area contributed by atoms with E-state index in [1.54, 1.807) is 16.9 Å². The predicted molar refractivity (Wildman–Crippen MR) is 87.8 cm³/mol. The highest BCUT2D eigenvalue weighted by atomic mass is 15.3. The molecule has 8 heteroatoms. The highest BCUT2D eigenvalue weighted by molar-refractivity contribution is 5.88. The molecule has 0 radical (unpaired) electrons. The molecule has 0 amide bonds. The van der Waals surface area contributed by atoms with Gasteiger partial charge in [0, 0.05) is 37.1 Å². The maximum absolute atomic E-state index is 6.13. The molecule has 23 heavy (non-hydrogen) atoms. The summed E-state index contributed by atoms with van der Waals surface area (Å²) >= 11 is 0. The number of fused-ring (bicyclic) bond motifs is 1. The summed E-state index contributed by atoms with van der Waals surface area (Å²) in [6, 6.07) is 2.24. The second-order valence-electron chi connectivity index (χ2n) is 5.80. The van der Waals surface area contributed by atoms with E-state index in [0.29, 0.717) is 5.82 Å². The van der Waals surface area contributed by atoms with Gasteiger partial charge in [0.2, 0.25) is 0 Å². The van der Waals surface area contributed by atoms with Crippen LogP contribution in [0.3, 0.4) is 0 Å². The van der Waals surface area contributed by atoms with Gasteiger partial charge in [-0.05, 0) is 18.9 Å². The summed E-state index contributed by atoms with van der Waals surface area (Å²) in [4.78, 5) is 14.6. The van der Waals surface area contributed by atoms with Crippen molar-refractivity contribution in [2.24, 2.45) is 5.73 Å². The second-order valence-corrected chi connectivity index (χ2v) is 5.80. The molecule has 4 N–H and O–H groups in total. The van der Waals surface area contributed by atoms with Crippen molar-refractivity contribution in [3.8, 4) is 11.3 Å². The quantitative estimate of drug-likeness (QED) is 0.716. The fraction of sp³-hybridized carbons (Fsp3) is 0.333. The first-order chi connectivity index (χ1) is 11.2. The lowest BCUT2D eigenvalue weighted by molar-refractivity contribution is 0.507. The summed E-state index contributed by atoms with van der Waals surface area (Å²) in [6.07, 6.45) is 8.61. The van der Waals surface area contributed by atoms with E-state index in [0.717, 1.165) is 48.4 Å². The molecule has 4 heterocycles. The van der Waals surface area contributed by atoms with Crippen molar-refractivity contribution in [3.63, 3.8) is 0 Å². The minimum absolute atomic E-state index is 0.174. The third-order valence-electron chi connectivity index (χ3n) is 4.22. The highest BCUT2D eigenvalue weighted by Crippen LogP contribution is 2.34. The molecule has 3 aromatic rings. The first-order valence-electron chi connectivity index (χ1n) is 7.62. The summed E-state index contributed by atoms with van der Waals surface area (Å²) in [6.45, 7) is 1.76. The fourth-order valence-electron chi connectivity index (χ4n) is 3.16. The summed E-state index contributed by atoms with van der Waals surface area (Å²) in [5, 5.41) is 4.36. The van der Waals surface area contributed by atoms with Crippen LogP contribution in [0, 0.1) is 0 Å². The van der Waals surface area contributed by atoms with Crippen molar-refractivity contribution in [2.75, 3.05) is 23.7 Å². The zero-order chi connectivity index (χ0) is 15.8. The zero-order valence-electron chi connectivity index (χ0n) is 12.6. The van der Waals surface area contributed by atoms with Gasteiger partial charge in [-0.2, -0.15) is 5.10 Å². The van der Waals surface area contributed by atoms with Gasteiger partial charge < -0.3 is 16.4 Å². The van der Waals surface area contributed by atoms with Gasteiger partial charge in [-0.3, -0.25) is 0 Å². The van der Waals surface area contributed by atoms with E-state index >= 15 is 0 Å². The lowest BCUT2D eigenvalue weighted by atomic mass is 10.1. The molecule has 118 valence electrons. The number of hydrogen-bond donors (Lipinski definition) is 2. The molecule has 0 unspecified atom stereocenters. The number of nitrogen functional groups attached to an aromatic ring is 1. The average molecular weight is 310 g/mol. The van der Waals surface area contributed by atoms with E-state index in [9.17, 15) is 0 Å². The lowest BCUT2D eigenvalue weighted by Gasteiger charge is -2.32. The molecule has 1 fully saturated rings. The van der Waals surface area contributed by atoms with Crippen LogP contribution in [0.4, 0.5) is 11.5 Å². The number of rotatable bonds is 2. The first kappa shape index (κ1) is 13.9. The van der Waals surface area contributed by atoms with Gasteiger partial charge in [-0.15, -0.1) is 0 Å². The van der Waals surface area contributed by atoms with Crippen LogP contribution in [0.15, 0.2) is 31.1 Å². The minimum Gasteiger partial charge on any atom is -0.382 e.